The summed E-state index contributed by atoms with van der Waals surface area (Å²) in [5, 5.41) is 0. The lowest BCUT2D eigenvalue weighted by atomic mass is 9.64. The zero-order valence-corrected chi connectivity index (χ0v) is 10.6. The van der Waals surface area contributed by atoms with Crippen molar-refractivity contribution in [3.8, 4) is 0 Å². The van der Waals surface area contributed by atoms with Crippen LogP contribution in [0.25, 0.3) is 0 Å². The van der Waals surface area contributed by atoms with Crippen LogP contribution in [0, 0.1) is 0 Å². The molecule has 0 bridgehead atoms. The molecular formula is C16H23N. The van der Waals surface area contributed by atoms with Crippen molar-refractivity contribution in [1.82, 2.24) is 0 Å². The largest absolute Gasteiger partial charge is 0.330 e. The van der Waals surface area contributed by atoms with E-state index in [1.54, 1.807) is 5.56 Å². The first kappa shape index (κ1) is 11.3. The van der Waals surface area contributed by atoms with E-state index in [-0.39, 0.29) is 0 Å². The Kier molecular flexibility index (Phi) is 2.96. The highest BCUT2D eigenvalue weighted by Gasteiger charge is 2.37. The molecule has 0 amide bonds. The first-order chi connectivity index (χ1) is 8.34. The summed E-state index contributed by atoms with van der Waals surface area (Å²) in [6, 6.07) is 9.33. The highest BCUT2D eigenvalue weighted by molar-refractivity contribution is 5.34. The van der Waals surface area contributed by atoms with Crippen molar-refractivity contribution in [3.05, 3.63) is 35.4 Å². The van der Waals surface area contributed by atoms with Crippen LogP contribution in [0.3, 0.4) is 0 Å². The van der Waals surface area contributed by atoms with Gasteiger partial charge in [0.1, 0.15) is 0 Å². The molecule has 2 fully saturated rings. The first-order valence-electron chi connectivity index (χ1n) is 7.15. The van der Waals surface area contributed by atoms with Crippen LogP contribution in [0.4, 0.5) is 0 Å². The monoisotopic (exact) mass is 229 g/mol. The minimum atomic E-state index is 0.328. The van der Waals surface area contributed by atoms with Crippen molar-refractivity contribution in [3.63, 3.8) is 0 Å². The summed E-state index contributed by atoms with van der Waals surface area (Å²) in [7, 11) is 0. The fraction of sp³-hybridized carbons (Fsp3) is 0.625. The Labute approximate surface area is 104 Å². The Morgan fingerprint density at radius 2 is 1.88 bits per heavy atom. The second kappa shape index (κ2) is 4.45. The predicted octanol–water partition coefficient (Wildman–Crippen LogP) is 3.72. The highest BCUT2D eigenvalue weighted by atomic mass is 14.6. The van der Waals surface area contributed by atoms with E-state index in [0.29, 0.717) is 5.41 Å². The molecule has 2 aliphatic carbocycles. The maximum atomic E-state index is 6.00. The Bertz CT molecular complexity index is 381. The zero-order valence-electron chi connectivity index (χ0n) is 10.6. The van der Waals surface area contributed by atoms with Crippen molar-refractivity contribution in [2.75, 3.05) is 6.54 Å². The van der Waals surface area contributed by atoms with Gasteiger partial charge in [-0.2, -0.15) is 0 Å². The van der Waals surface area contributed by atoms with E-state index in [2.05, 4.69) is 24.3 Å². The van der Waals surface area contributed by atoms with Gasteiger partial charge in [-0.05, 0) is 42.7 Å². The van der Waals surface area contributed by atoms with E-state index in [9.17, 15) is 0 Å². The van der Waals surface area contributed by atoms with Crippen molar-refractivity contribution < 1.29 is 0 Å². The zero-order chi connectivity index (χ0) is 11.7. The van der Waals surface area contributed by atoms with Gasteiger partial charge in [-0.15, -0.1) is 0 Å². The van der Waals surface area contributed by atoms with E-state index >= 15 is 0 Å². The molecular weight excluding hydrogens is 206 g/mol. The molecule has 0 saturated heterocycles. The molecule has 0 heterocycles. The molecule has 1 heteroatoms. The van der Waals surface area contributed by atoms with E-state index < -0.39 is 0 Å². The van der Waals surface area contributed by atoms with Gasteiger partial charge in [-0.25, -0.2) is 0 Å². The fourth-order valence-corrected chi connectivity index (χ4v) is 3.60. The summed E-state index contributed by atoms with van der Waals surface area (Å²) in [6.07, 6.45) is 9.53. The van der Waals surface area contributed by atoms with Gasteiger partial charge in [0.05, 0.1) is 0 Å². The lowest BCUT2D eigenvalue weighted by Gasteiger charge is -2.42. The lowest BCUT2D eigenvalue weighted by Crippen LogP contribution is -2.41. The Morgan fingerprint density at radius 3 is 2.47 bits per heavy atom. The van der Waals surface area contributed by atoms with Gasteiger partial charge in [0, 0.05) is 12.0 Å². The summed E-state index contributed by atoms with van der Waals surface area (Å²) in [4.78, 5) is 0. The van der Waals surface area contributed by atoms with Crippen LogP contribution < -0.4 is 5.73 Å². The van der Waals surface area contributed by atoms with Gasteiger partial charge < -0.3 is 5.73 Å². The Balaban J connectivity index is 1.88. The summed E-state index contributed by atoms with van der Waals surface area (Å²) in [5.74, 6) is 0.824. The molecule has 1 aromatic rings. The van der Waals surface area contributed by atoms with Gasteiger partial charge >= 0.3 is 0 Å². The molecule has 1 nitrogen and oxygen atoms in total. The summed E-state index contributed by atoms with van der Waals surface area (Å²) in [5.41, 5.74) is 9.41. The van der Waals surface area contributed by atoms with E-state index in [1.165, 1.54) is 50.5 Å². The molecule has 2 saturated carbocycles. The van der Waals surface area contributed by atoms with Crippen molar-refractivity contribution >= 4 is 0 Å². The van der Waals surface area contributed by atoms with Gasteiger partial charge in [-0.3, -0.25) is 0 Å². The first-order valence-corrected chi connectivity index (χ1v) is 7.15. The molecule has 0 spiro atoms. The molecule has 1 aromatic carbocycles. The molecule has 17 heavy (non-hydrogen) atoms. The van der Waals surface area contributed by atoms with Gasteiger partial charge in [0.15, 0.2) is 0 Å². The van der Waals surface area contributed by atoms with E-state index in [4.69, 9.17) is 5.73 Å². The summed E-state index contributed by atoms with van der Waals surface area (Å²) in [6.45, 7) is 0.821. The number of hydrogen-bond acceptors (Lipinski definition) is 1. The van der Waals surface area contributed by atoms with Crippen molar-refractivity contribution in [2.45, 2.75) is 56.3 Å². The normalized spacial score (nSPS) is 23.6. The van der Waals surface area contributed by atoms with Crippen LogP contribution in [-0.4, -0.2) is 6.54 Å². The molecule has 3 rings (SSSR count). The van der Waals surface area contributed by atoms with Crippen LogP contribution in [0.1, 0.15) is 62.0 Å². The summed E-state index contributed by atoms with van der Waals surface area (Å²) >= 11 is 0. The van der Waals surface area contributed by atoms with Crippen LogP contribution in [-0.2, 0) is 5.41 Å². The van der Waals surface area contributed by atoms with Gasteiger partial charge in [0.25, 0.3) is 0 Å². The molecule has 2 N–H and O–H groups in total. The molecule has 0 aliphatic heterocycles. The Morgan fingerprint density at radius 1 is 1.12 bits per heavy atom. The fourth-order valence-electron chi connectivity index (χ4n) is 3.60. The van der Waals surface area contributed by atoms with Crippen LogP contribution >= 0.6 is 0 Å². The average molecular weight is 229 g/mol. The minimum Gasteiger partial charge on any atom is -0.330 e. The van der Waals surface area contributed by atoms with Crippen LogP contribution in [0.5, 0.6) is 0 Å². The van der Waals surface area contributed by atoms with Gasteiger partial charge in [-0.1, -0.05) is 43.5 Å². The molecule has 2 aliphatic rings. The third-order valence-corrected chi connectivity index (χ3v) is 5.03. The second-order valence-corrected chi connectivity index (χ2v) is 5.94. The van der Waals surface area contributed by atoms with E-state index in [0.717, 1.165) is 12.5 Å². The number of rotatable bonds is 3. The molecule has 0 unspecified atom stereocenters. The molecule has 92 valence electrons. The van der Waals surface area contributed by atoms with Crippen molar-refractivity contribution in [1.29, 1.82) is 0 Å². The van der Waals surface area contributed by atoms with Crippen LogP contribution in [0.15, 0.2) is 24.3 Å². The maximum Gasteiger partial charge on any atom is 0.00756 e. The topological polar surface area (TPSA) is 26.0 Å². The highest BCUT2D eigenvalue weighted by Crippen LogP contribution is 2.44. The van der Waals surface area contributed by atoms with Crippen molar-refractivity contribution in [2.24, 2.45) is 5.73 Å². The van der Waals surface area contributed by atoms with E-state index in [1.807, 2.05) is 0 Å². The third kappa shape index (κ3) is 1.91. The average Bonchev–Trinajstić information content (AvgIpc) is 2.82. The number of hydrogen-bond donors (Lipinski definition) is 1. The summed E-state index contributed by atoms with van der Waals surface area (Å²) < 4.78 is 0. The SMILES string of the molecule is NCC1(c2cccc(C3CCCC3)c2)CCC1. The molecule has 0 aromatic heterocycles. The van der Waals surface area contributed by atoms with Crippen LogP contribution in [0.2, 0.25) is 0 Å². The number of benzene rings is 1. The Hall–Kier alpha value is -0.820. The third-order valence-electron chi connectivity index (χ3n) is 5.03. The second-order valence-electron chi connectivity index (χ2n) is 5.94. The standard InChI is InChI=1S/C16H23N/c17-12-16(9-4-10-16)15-8-3-7-14(11-15)13-5-1-2-6-13/h3,7-8,11,13H,1-2,4-6,9-10,12,17H2. The van der Waals surface area contributed by atoms with Gasteiger partial charge in [0.2, 0.25) is 0 Å². The number of nitrogens with two attached hydrogens (primary N) is 1. The maximum absolute atomic E-state index is 6.00. The molecule has 0 radical (unpaired) electrons. The quantitative estimate of drug-likeness (QED) is 0.839. The molecule has 0 atom stereocenters. The predicted molar refractivity (Wildman–Crippen MR) is 72.2 cm³/mol. The lowest BCUT2D eigenvalue weighted by molar-refractivity contribution is 0.253. The smallest absolute Gasteiger partial charge is 0.00756 e. The minimum absolute atomic E-state index is 0.328.